The standard InChI is InChI=1S/C20H20N4O3/c1-14(24-12-6-11-21-24)19(25)22-16-9-10-18(27-2)17(13-16)23-20(26)15-7-4-3-5-8-15/h3-14H,1-2H3,(H,22,25)(H,23,26)/t14-/m0/s1. The van der Waals surface area contributed by atoms with Gasteiger partial charge in [-0.15, -0.1) is 0 Å². The molecule has 0 radical (unpaired) electrons. The number of hydrogen-bond donors (Lipinski definition) is 2. The Balaban J connectivity index is 1.77. The van der Waals surface area contributed by atoms with Crippen LogP contribution in [0.15, 0.2) is 67.0 Å². The van der Waals surface area contributed by atoms with Gasteiger partial charge < -0.3 is 15.4 Å². The summed E-state index contributed by atoms with van der Waals surface area (Å²) in [6.07, 6.45) is 3.35. The topological polar surface area (TPSA) is 85.2 Å². The number of ether oxygens (including phenoxy) is 1. The zero-order valence-corrected chi connectivity index (χ0v) is 15.0. The molecule has 1 atom stereocenters. The van der Waals surface area contributed by atoms with Crippen molar-refractivity contribution >= 4 is 23.2 Å². The lowest BCUT2D eigenvalue weighted by Crippen LogP contribution is -2.24. The Morgan fingerprint density at radius 3 is 2.52 bits per heavy atom. The normalized spacial score (nSPS) is 11.5. The van der Waals surface area contributed by atoms with Crippen molar-refractivity contribution in [3.05, 3.63) is 72.6 Å². The van der Waals surface area contributed by atoms with Crippen LogP contribution in [0.3, 0.4) is 0 Å². The molecule has 0 bridgehead atoms. The molecule has 7 heteroatoms. The summed E-state index contributed by atoms with van der Waals surface area (Å²) in [6, 6.07) is 15.2. The first-order chi connectivity index (χ1) is 13.1. The molecular weight excluding hydrogens is 344 g/mol. The highest BCUT2D eigenvalue weighted by Gasteiger charge is 2.16. The number of amides is 2. The number of nitrogens with one attached hydrogen (secondary N) is 2. The summed E-state index contributed by atoms with van der Waals surface area (Å²) in [7, 11) is 1.52. The third-order valence-electron chi connectivity index (χ3n) is 4.05. The molecular formula is C20H20N4O3. The molecule has 27 heavy (non-hydrogen) atoms. The Morgan fingerprint density at radius 1 is 1.07 bits per heavy atom. The van der Waals surface area contributed by atoms with Crippen LogP contribution in [-0.2, 0) is 4.79 Å². The molecule has 2 aromatic carbocycles. The predicted octanol–water partition coefficient (Wildman–Crippen LogP) is 3.34. The summed E-state index contributed by atoms with van der Waals surface area (Å²) in [5.74, 6) is 0.0175. The summed E-state index contributed by atoms with van der Waals surface area (Å²) >= 11 is 0. The van der Waals surface area contributed by atoms with Gasteiger partial charge in [0.1, 0.15) is 11.8 Å². The summed E-state index contributed by atoms with van der Waals surface area (Å²) < 4.78 is 6.87. The highest BCUT2D eigenvalue weighted by Crippen LogP contribution is 2.28. The van der Waals surface area contributed by atoms with Crippen LogP contribution < -0.4 is 15.4 Å². The summed E-state index contributed by atoms with van der Waals surface area (Å²) in [5, 5.41) is 9.72. The van der Waals surface area contributed by atoms with Crippen molar-refractivity contribution in [1.82, 2.24) is 9.78 Å². The highest BCUT2D eigenvalue weighted by atomic mass is 16.5. The van der Waals surface area contributed by atoms with Crippen LogP contribution in [0.25, 0.3) is 0 Å². The molecule has 0 aliphatic rings. The lowest BCUT2D eigenvalue weighted by Gasteiger charge is -2.15. The SMILES string of the molecule is COc1ccc(NC(=O)[C@H](C)n2cccn2)cc1NC(=O)c1ccccc1. The van der Waals surface area contributed by atoms with Gasteiger partial charge >= 0.3 is 0 Å². The van der Waals surface area contributed by atoms with Gasteiger partial charge in [0.25, 0.3) is 5.91 Å². The van der Waals surface area contributed by atoms with Crippen molar-refractivity contribution in [2.45, 2.75) is 13.0 Å². The van der Waals surface area contributed by atoms with Crippen molar-refractivity contribution < 1.29 is 14.3 Å². The second kappa shape index (κ2) is 8.18. The fraction of sp³-hybridized carbons (Fsp3) is 0.150. The van der Waals surface area contributed by atoms with E-state index >= 15 is 0 Å². The van der Waals surface area contributed by atoms with E-state index in [0.29, 0.717) is 22.7 Å². The maximum atomic E-state index is 12.4. The largest absolute Gasteiger partial charge is 0.495 e. The number of rotatable bonds is 6. The summed E-state index contributed by atoms with van der Waals surface area (Å²) in [6.45, 7) is 1.75. The van der Waals surface area contributed by atoms with Crippen LogP contribution in [0.4, 0.5) is 11.4 Å². The van der Waals surface area contributed by atoms with E-state index in [0.717, 1.165) is 0 Å². The van der Waals surface area contributed by atoms with Gasteiger partial charge in [-0.05, 0) is 43.3 Å². The van der Waals surface area contributed by atoms with E-state index in [9.17, 15) is 9.59 Å². The van der Waals surface area contributed by atoms with E-state index in [-0.39, 0.29) is 11.8 Å². The Kier molecular flexibility index (Phi) is 5.51. The van der Waals surface area contributed by atoms with Gasteiger partial charge in [0.15, 0.2) is 0 Å². The van der Waals surface area contributed by atoms with E-state index in [4.69, 9.17) is 4.74 Å². The number of nitrogens with zero attached hydrogens (tertiary/aromatic N) is 2. The third kappa shape index (κ3) is 4.33. The zero-order valence-electron chi connectivity index (χ0n) is 15.0. The van der Waals surface area contributed by atoms with Crippen molar-refractivity contribution in [3.63, 3.8) is 0 Å². The van der Waals surface area contributed by atoms with E-state index in [1.807, 2.05) is 6.07 Å². The average Bonchev–Trinajstić information content (AvgIpc) is 3.23. The Labute approximate surface area is 157 Å². The molecule has 2 N–H and O–H groups in total. The predicted molar refractivity (Wildman–Crippen MR) is 103 cm³/mol. The number of anilines is 2. The van der Waals surface area contributed by atoms with Crippen molar-refractivity contribution in [2.75, 3.05) is 17.7 Å². The van der Waals surface area contributed by atoms with E-state index in [1.54, 1.807) is 72.5 Å². The molecule has 0 saturated carbocycles. The monoisotopic (exact) mass is 364 g/mol. The van der Waals surface area contributed by atoms with E-state index < -0.39 is 6.04 Å². The average molecular weight is 364 g/mol. The third-order valence-corrected chi connectivity index (χ3v) is 4.05. The molecule has 0 fully saturated rings. The summed E-state index contributed by atoms with van der Waals surface area (Å²) in [4.78, 5) is 24.8. The van der Waals surface area contributed by atoms with E-state index in [1.165, 1.54) is 7.11 Å². The van der Waals surface area contributed by atoms with Gasteiger partial charge in [-0.1, -0.05) is 18.2 Å². The second-order valence-corrected chi connectivity index (χ2v) is 5.89. The molecule has 1 heterocycles. The molecule has 0 aliphatic carbocycles. The zero-order chi connectivity index (χ0) is 19.2. The van der Waals surface area contributed by atoms with Gasteiger partial charge in [-0.25, -0.2) is 0 Å². The second-order valence-electron chi connectivity index (χ2n) is 5.89. The lowest BCUT2D eigenvalue weighted by molar-refractivity contribution is -0.119. The fourth-order valence-electron chi connectivity index (χ4n) is 2.54. The Hall–Kier alpha value is -3.61. The number of carbonyl (C=O) groups is 2. The first-order valence-corrected chi connectivity index (χ1v) is 8.43. The summed E-state index contributed by atoms with van der Waals surface area (Å²) in [5.41, 5.74) is 1.54. The molecule has 1 aromatic heterocycles. The Morgan fingerprint density at radius 2 is 1.85 bits per heavy atom. The van der Waals surface area contributed by atoms with Gasteiger partial charge in [0.2, 0.25) is 5.91 Å². The van der Waals surface area contributed by atoms with Crippen LogP contribution in [0.1, 0.15) is 23.3 Å². The van der Waals surface area contributed by atoms with Gasteiger partial charge in [0.05, 0.1) is 12.8 Å². The molecule has 2 amide bonds. The van der Waals surface area contributed by atoms with Crippen LogP contribution >= 0.6 is 0 Å². The minimum atomic E-state index is -0.468. The maximum absolute atomic E-state index is 12.4. The number of methoxy groups -OCH3 is 1. The van der Waals surface area contributed by atoms with Crippen molar-refractivity contribution in [2.24, 2.45) is 0 Å². The molecule has 0 saturated heterocycles. The number of hydrogen-bond acceptors (Lipinski definition) is 4. The number of carbonyl (C=O) groups excluding carboxylic acids is 2. The molecule has 0 aliphatic heterocycles. The first kappa shape index (κ1) is 18.2. The minimum Gasteiger partial charge on any atom is -0.495 e. The highest BCUT2D eigenvalue weighted by molar-refractivity contribution is 6.05. The van der Waals surface area contributed by atoms with Crippen molar-refractivity contribution in [1.29, 1.82) is 0 Å². The van der Waals surface area contributed by atoms with Gasteiger partial charge in [-0.2, -0.15) is 5.10 Å². The van der Waals surface area contributed by atoms with Crippen LogP contribution in [0.2, 0.25) is 0 Å². The smallest absolute Gasteiger partial charge is 0.255 e. The maximum Gasteiger partial charge on any atom is 0.255 e. The molecule has 138 valence electrons. The Bertz CT molecular complexity index is 924. The van der Waals surface area contributed by atoms with E-state index in [2.05, 4.69) is 15.7 Å². The van der Waals surface area contributed by atoms with Crippen LogP contribution in [-0.4, -0.2) is 28.7 Å². The number of benzene rings is 2. The van der Waals surface area contributed by atoms with Crippen molar-refractivity contribution in [3.8, 4) is 5.75 Å². The lowest BCUT2D eigenvalue weighted by atomic mass is 10.2. The van der Waals surface area contributed by atoms with Crippen LogP contribution in [0, 0.1) is 0 Å². The van der Waals surface area contributed by atoms with Gasteiger partial charge in [0, 0.05) is 23.6 Å². The van der Waals surface area contributed by atoms with Crippen LogP contribution in [0.5, 0.6) is 5.75 Å². The molecule has 0 unspecified atom stereocenters. The first-order valence-electron chi connectivity index (χ1n) is 8.43. The molecule has 7 nitrogen and oxygen atoms in total. The minimum absolute atomic E-state index is 0.218. The number of aromatic nitrogens is 2. The fourth-order valence-corrected chi connectivity index (χ4v) is 2.54. The molecule has 0 spiro atoms. The van der Waals surface area contributed by atoms with Gasteiger partial charge in [-0.3, -0.25) is 14.3 Å². The molecule has 3 aromatic rings. The quantitative estimate of drug-likeness (QED) is 0.702. The molecule has 3 rings (SSSR count).